The van der Waals surface area contributed by atoms with Crippen molar-refractivity contribution >= 4 is 33.2 Å². The molecule has 0 aliphatic carbocycles. The van der Waals surface area contributed by atoms with Crippen LogP contribution in [0.2, 0.25) is 0 Å². The van der Waals surface area contributed by atoms with Gasteiger partial charge in [-0.05, 0) is 48.5 Å². The highest BCUT2D eigenvalue weighted by Gasteiger charge is 2.10. The monoisotopic (exact) mass is 357 g/mol. The number of nitrogens with one attached hydrogen (secondary N) is 1. The number of alkyl halides is 2. The van der Waals surface area contributed by atoms with Crippen molar-refractivity contribution in [2.24, 2.45) is 0 Å². The zero-order valence-electron chi connectivity index (χ0n) is 12.0. The number of amides is 1. The second-order valence-electron chi connectivity index (χ2n) is 4.65. The minimum absolute atomic E-state index is 0.156. The molecule has 122 valence electrons. The van der Waals surface area contributed by atoms with Gasteiger partial charge in [0, 0.05) is 22.4 Å². The fourth-order valence-electron chi connectivity index (χ4n) is 1.78. The van der Waals surface area contributed by atoms with E-state index in [4.69, 9.17) is 0 Å². The summed E-state index contributed by atoms with van der Waals surface area (Å²) in [5.41, 5.74) is 0.754. The summed E-state index contributed by atoms with van der Waals surface area (Å²) in [6, 6.07) is 11.5. The highest BCUT2D eigenvalue weighted by Crippen LogP contribution is 2.25. The van der Waals surface area contributed by atoms with Crippen molar-refractivity contribution < 1.29 is 22.0 Å². The van der Waals surface area contributed by atoms with Crippen LogP contribution >= 0.6 is 11.8 Å². The van der Waals surface area contributed by atoms with Crippen LogP contribution < -0.4 is 5.32 Å². The van der Waals surface area contributed by atoms with Crippen LogP contribution in [0.3, 0.4) is 0 Å². The van der Waals surface area contributed by atoms with Gasteiger partial charge in [0.2, 0.25) is 0 Å². The average molecular weight is 357 g/mol. The van der Waals surface area contributed by atoms with Crippen molar-refractivity contribution in [3.63, 3.8) is 0 Å². The van der Waals surface area contributed by atoms with E-state index in [1.165, 1.54) is 48.5 Å². The van der Waals surface area contributed by atoms with Gasteiger partial charge in [0.25, 0.3) is 11.7 Å². The van der Waals surface area contributed by atoms with Crippen LogP contribution in [0, 0.1) is 0 Å². The molecule has 0 spiro atoms. The van der Waals surface area contributed by atoms with E-state index in [9.17, 15) is 22.0 Å². The summed E-state index contributed by atoms with van der Waals surface area (Å²) in [4.78, 5) is 12.6. The molecule has 8 heteroatoms. The van der Waals surface area contributed by atoms with E-state index >= 15 is 0 Å². The van der Waals surface area contributed by atoms with Crippen LogP contribution in [0.4, 0.5) is 14.5 Å². The topological polar surface area (TPSA) is 63.2 Å². The van der Waals surface area contributed by atoms with Crippen molar-refractivity contribution in [1.29, 1.82) is 0 Å². The lowest BCUT2D eigenvalue weighted by Gasteiger charge is -2.07. The number of hydrogen-bond donors (Lipinski definition) is 1. The Labute approximate surface area is 136 Å². The molecule has 0 bridgehead atoms. The third-order valence-electron chi connectivity index (χ3n) is 2.88. The Morgan fingerprint density at radius 2 is 1.61 bits per heavy atom. The molecule has 0 saturated carbocycles. The van der Waals surface area contributed by atoms with Gasteiger partial charge in [0.1, 0.15) is 0 Å². The van der Waals surface area contributed by atoms with Gasteiger partial charge in [0.15, 0.2) is 9.84 Å². The van der Waals surface area contributed by atoms with Gasteiger partial charge in [-0.15, -0.1) is 0 Å². The Morgan fingerprint density at radius 1 is 1.04 bits per heavy atom. The molecule has 1 amide bonds. The Bertz CT molecular complexity index is 788. The van der Waals surface area contributed by atoms with Crippen LogP contribution in [0.15, 0.2) is 58.3 Å². The number of sulfone groups is 1. The summed E-state index contributed by atoms with van der Waals surface area (Å²) in [6.07, 6.45) is 1.10. The van der Waals surface area contributed by atoms with Gasteiger partial charge >= 0.3 is 0 Å². The molecule has 0 atom stereocenters. The number of benzene rings is 2. The first-order valence-corrected chi connectivity index (χ1v) is 9.19. The van der Waals surface area contributed by atoms with Gasteiger partial charge in [-0.3, -0.25) is 4.79 Å². The Balaban J connectivity index is 2.07. The third kappa shape index (κ3) is 5.04. The van der Waals surface area contributed by atoms with E-state index in [2.05, 4.69) is 5.32 Å². The van der Waals surface area contributed by atoms with Gasteiger partial charge in [-0.2, -0.15) is 8.78 Å². The Hall–Kier alpha value is -1.93. The molecule has 0 fully saturated rings. The lowest BCUT2D eigenvalue weighted by atomic mass is 10.2. The van der Waals surface area contributed by atoms with Crippen LogP contribution in [0.25, 0.3) is 0 Å². The largest absolute Gasteiger partial charge is 0.322 e. The molecule has 2 aromatic carbocycles. The number of halogens is 2. The maximum absolute atomic E-state index is 12.2. The lowest BCUT2D eigenvalue weighted by Crippen LogP contribution is -2.11. The molecule has 2 rings (SSSR count). The predicted molar refractivity (Wildman–Crippen MR) is 85.8 cm³/mol. The SMILES string of the molecule is CS(=O)(=O)c1ccc(NC(=O)c2ccc(SC(F)F)cc2)cc1. The molecular formula is C15H13F2NO3S2. The summed E-state index contributed by atoms with van der Waals surface area (Å²) in [6.45, 7) is 0. The number of rotatable bonds is 5. The summed E-state index contributed by atoms with van der Waals surface area (Å²) >= 11 is 0.405. The second-order valence-corrected chi connectivity index (χ2v) is 7.73. The average Bonchev–Trinajstić information content (AvgIpc) is 2.47. The van der Waals surface area contributed by atoms with E-state index < -0.39 is 21.5 Å². The van der Waals surface area contributed by atoms with Gasteiger partial charge in [0.05, 0.1) is 4.90 Å². The van der Waals surface area contributed by atoms with Crippen LogP contribution in [0.1, 0.15) is 10.4 Å². The minimum atomic E-state index is -3.29. The molecule has 23 heavy (non-hydrogen) atoms. The van der Waals surface area contributed by atoms with Crippen molar-refractivity contribution in [3.8, 4) is 0 Å². The molecule has 0 saturated heterocycles. The van der Waals surface area contributed by atoms with E-state index in [0.717, 1.165) is 6.26 Å². The lowest BCUT2D eigenvalue weighted by molar-refractivity contribution is 0.102. The normalized spacial score (nSPS) is 11.5. The summed E-state index contributed by atoms with van der Waals surface area (Å²) in [5, 5.41) is 2.61. The minimum Gasteiger partial charge on any atom is -0.322 e. The van der Waals surface area contributed by atoms with Crippen LogP contribution in [-0.2, 0) is 9.84 Å². The standard InChI is InChI=1S/C15H13F2NO3S2/c1-23(20,21)13-8-4-11(5-9-13)18-14(19)10-2-6-12(7-3-10)22-15(16)17/h2-9,15H,1H3,(H,18,19). The molecule has 0 aliphatic heterocycles. The quantitative estimate of drug-likeness (QED) is 0.830. The van der Waals surface area contributed by atoms with Crippen molar-refractivity contribution in [2.45, 2.75) is 15.5 Å². The smallest absolute Gasteiger partial charge is 0.288 e. The maximum Gasteiger partial charge on any atom is 0.288 e. The van der Waals surface area contributed by atoms with Crippen molar-refractivity contribution in [1.82, 2.24) is 0 Å². The first kappa shape index (κ1) is 17.4. The molecule has 2 aromatic rings. The third-order valence-corrected chi connectivity index (χ3v) is 4.73. The first-order chi connectivity index (χ1) is 10.8. The van der Waals surface area contributed by atoms with Crippen LogP contribution in [-0.4, -0.2) is 26.3 Å². The van der Waals surface area contributed by atoms with E-state index in [1.807, 2.05) is 0 Å². The van der Waals surface area contributed by atoms with Gasteiger partial charge < -0.3 is 5.32 Å². The fourth-order valence-corrected chi connectivity index (χ4v) is 2.91. The Kier molecular flexibility index (Phi) is 5.38. The zero-order valence-corrected chi connectivity index (χ0v) is 13.6. The summed E-state index contributed by atoms with van der Waals surface area (Å²) in [5.74, 6) is -2.92. The van der Waals surface area contributed by atoms with Gasteiger partial charge in [-0.25, -0.2) is 8.42 Å². The summed E-state index contributed by atoms with van der Waals surface area (Å²) in [7, 11) is -3.29. The number of thioether (sulfide) groups is 1. The molecule has 0 aliphatic rings. The zero-order chi connectivity index (χ0) is 17.0. The van der Waals surface area contributed by atoms with Crippen molar-refractivity contribution in [2.75, 3.05) is 11.6 Å². The molecule has 4 nitrogen and oxygen atoms in total. The number of anilines is 1. The highest BCUT2D eigenvalue weighted by atomic mass is 32.2. The van der Waals surface area contributed by atoms with Crippen LogP contribution in [0.5, 0.6) is 0 Å². The number of carbonyl (C=O) groups excluding carboxylic acids is 1. The fraction of sp³-hybridized carbons (Fsp3) is 0.133. The molecule has 0 aromatic heterocycles. The maximum atomic E-state index is 12.2. The molecular weight excluding hydrogens is 344 g/mol. The summed E-state index contributed by atoms with van der Waals surface area (Å²) < 4.78 is 47.2. The van der Waals surface area contributed by atoms with E-state index in [1.54, 1.807) is 0 Å². The Morgan fingerprint density at radius 3 is 2.09 bits per heavy atom. The van der Waals surface area contributed by atoms with E-state index in [-0.39, 0.29) is 4.90 Å². The first-order valence-electron chi connectivity index (χ1n) is 6.42. The molecule has 0 radical (unpaired) electrons. The number of carbonyl (C=O) groups is 1. The predicted octanol–water partition coefficient (Wildman–Crippen LogP) is 3.66. The highest BCUT2D eigenvalue weighted by molar-refractivity contribution is 7.99. The van der Waals surface area contributed by atoms with E-state index in [0.29, 0.717) is 27.9 Å². The second kappa shape index (κ2) is 7.10. The molecule has 0 heterocycles. The molecule has 1 N–H and O–H groups in total. The van der Waals surface area contributed by atoms with Gasteiger partial charge in [-0.1, -0.05) is 11.8 Å². The molecule has 0 unspecified atom stereocenters. The van der Waals surface area contributed by atoms with Crippen molar-refractivity contribution in [3.05, 3.63) is 54.1 Å². The number of hydrogen-bond acceptors (Lipinski definition) is 4.